The highest BCUT2D eigenvalue weighted by Gasteiger charge is 2.26. The van der Waals surface area contributed by atoms with Gasteiger partial charge >= 0.3 is 11.9 Å². The molecular formula is C14H22O5. The quantitative estimate of drug-likeness (QED) is 0.580. The van der Waals surface area contributed by atoms with E-state index in [-0.39, 0.29) is 11.8 Å². The molecule has 5 nitrogen and oxygen atoms in total. The van der Waals surface area contributed by atoms with Gasteiger partial charge in [0.1, 0.15) is 0 Å². The fourth-order valence-electron chi connectivity index (χ4n) is 2.90. The molecule has 2 fully saturated rings. The molecular weight excluding hydrogens is 248 g/mol. The minimum absolute atomic E-state index is 0.109. The Kier molecular flexibility index (Phi) is 5.63. The summed E-state index contributed by atoms with van der Waals surface area (Å²) in [5.41, 5.74) is 0. The van der Waals surface area contributed by atoms with Crippen LogP contribution in [-0.2, 0) is 24.4 Å². The first-order chi connectivity index (χ1) is 9.27. The Bertz CT molecular complexity index is 273. The molecule has 0 saturated heterocycles. The van der Waals surface area contributed by atoms with Crippen molar-refractivity contribution in [2.24, 2.45) is 11.8 Å². The Balaban J connectivity index is 1.62. The van der Waals surface area contributed by atoms with Crippen molar-refractivity contribution < 1.29 is 24.4 Å². The van der Waals surface area contributed by atoms with E-state index in [2.05, 4.69) is 14.8 Å². The molecule has 0 unspecified atom stereocenters. The van der Waals surface area contributed by atoms with Crippen LogP contribution in [-0.4, -0.2) is 11.9 Å². The van der Waals surface area contributed by atoms with Crippen LogP contribution in [0.25, 0.3) is 0 Å². The Morgan fingerprint density at radius 2 is 1.00 bits per heavy atom. The molecule has 2 aliphatic carbocycles. The van der Waals surface area contributed by atoms with Gasteiger partial charge in [0.15, 0.2) is 0 Å². The average molecular weight is 270 g/mol. The van der Waals surface area contributed by atoms with Gasteiger partial charge in [-0.25, -0.2) is 9.59 Å². The lowest BCUT2D eigenvalue weighted by Gasteiger charge is -2.19. The number of rotatable bonds is 4. The predicted octanol–water partition coefficient (Wildman–Crippen LogP) is 3.08. The first kappa shape index (κ1) is 14.3. The zero-order chi connectivity index (χ0) is 13.5. The van der Waals surface area contributed by atoms with E-state index >= 15 is 0 Å². The summed E-state index contributed by atoms with van der Waals surface area (Å²) in [4.78, 5) is 32.4. The molecule has 2 rings (SSSR count). The molecule has 0 aromatic heterocycles. The molecule has 0 amide bonds. The van der Waals surface area contributed by atoms with Gasteiger partial charge < -0.3 is 0 Å². The zero-order valence-corrected chi connectivity index (χ0v) is 11.3. The first-order valence-corrected chi connectivity index (χ1v) is 7.36. The second kappa shape index (κ2) is 7.48. The SMILES string of the molecule is O=C(OOOC(=O)C1CCCCC1)C1CCCCC1. The van der Waals surface area contributed by atoms with Crippen LogP contribution in [0, 0.1) is 11.8 Å². The Morgan fingerprint density at radius 1 is 0.632 bits per heavy atom. The molecule has 0 atom stereocenters. The zero-order valence-electron chi connectivity index (χ0n) is 11.3. The molecule has 5 heteroatoms. The van der Waals surface area contributed by atoms with Crippen LogP contribution in [0.1, 0.15) is 64.2 Å². The van der Waals surface area contributed by atoms with E-state index in [9.17, 15) is 9.59 Å². The maximum atomic E-state index is 11.6. The lowest BCUT2D eigenvalue weighted by Crippen LogP contribution is -2.24. The topological polar surface area (TPSA) is 61.8 Å². The third kappa shape index (κ3) is 4.49. The van der Waals surface area contributed by atoms with Gasteiger partial charge in [-0.1, -0.05) is 38.5 Å². The normalized spacial score (nSPS) is 21.9. The van der Waals surface area contributed by atoms with Gasteiger partial charge in [-0.3, -0.25) is 9.78 Å². The van der Waals surface area contributed by atoms with E-state index < -0.39 is 11.9 Å². The van der Waals surface area contributed by atoms with Crippen molar-refractivity contribution in [2.75, 3.05) is 0 Å². The molecule has 2 saturated carbocycles. The maximum absolute atomic E-state index is 11.6. The summed E-state index contributed by atoms with van der Waals surface area (Å²) >= 11 is 0. The summed E-state index contributed by atoms with van der Waals surface area (Å²) in [6.45, 7) is 0. The molecule has 0 spiro atoms. The Hall–Kier alpha value is -1.10. The molecule has 0 aliphatic heterocycles. The van der Waals surface area contributed by atoms with Crippen LogP contribution < -0.4 is 0 Å². The minimum atomic E-state index is -0.420. The largest absolute Gasteiger partial charge is 0.349 e. The molecule has 0 heterocycles. The third-order valence-electron chi connectivity index (χ3n) is 4.11. The summed E-state index contributed by atoms with van der Waals surface area (Å²) in [5.74, 6) is -1.06. The van der Waals surface area contributed by atoms with Crippen molar-refractivity contribution in [3.05, 3.63) is 0 Å². The van der Waals surface area contributed by atoms with Crippen molar-refractivity contribution in [3.8, 4) is 0 Å². The fraction of sp³-hybridized carbons (Fsp3) is 0.857. The predicted molar refractivity (Wildman–Crippen MR) is 66.4 cm³/mol. The van der Waals surface area contributed by atoms with Crippen molar-refractivity contribution >= 4 is 11.9 Å². The summed E-state index contributed by atoms with van der Waals surface area (Å²) in [6, 6.07) is 0. The second-order valence-electron chi connectivity index (χ2n) is 5.54. The number of hydrogen-bond acceptors (Lipinski definition) is 5. The van der Waals surface area contributed by atoms with Crippen molar-refractivity contribution in [1.82, 2.24) is 0 Å². The second-order valence-corrected chi connectivity index (χ2v) is 5.54. The number of hydrogen-bond donors (Lipinski definition) is 0. The molecule has 19 heavy (non-hydrogen) atoms. The van der Waals surface area contributed by atoms with E-state index in [1.165, 1.54) is 12.8 Å². The molecule has 0 radical (unpaired) electrons. The van der Waals surface area contributed by atoms with E-state index in [0.29, 0.717) is 0 Å². The van der Waals surface area contributed by atoms with Crippen LogP contribution in [0.2, 0.25) is 0 Å². The number of carbonyl (C=O) groups excluding carboxylic acids is 2. The molecule has 2 aliphatic rings. The fourth-order valence-corrected chi connectivity index (χ4v) is 2.90. The van der Waals surface area contributed by atoms with E-state index in [0.717, 1.165) is 51.4 Å². The van der Waals surface area contributed by atoms with Gasteiger partial charge in [0.2, 0.25) is 0 Å². The first-order valence-electron chi connectivity index (χ1n) is 7.36. The summed E-state index contributed by atoms with van der Waals surface area (Å²) in [7, 11) is 0. The van der Waals surface area contributed by atoms with E-state index in [4.69, 9.17) is 0 Å². The van der Waals surface area contributed by atoms with Crippen molar-refractivity contribution in [2.45, 2.75) is 64.2 Å². The van der Waals surface area contributed by atoms with Crippen LogP contribution in [0.5, 0.6) is 0 Å². The lowest BCUT2D eigenvalue weighted by atomic mass is 9.89. The molecule has 0 aromatic rings. The van der Waals surface area contributed by atoms with Crippen LogP contribution in [0.15, 0.2) is 0 Å². The Labute approximate surface area is 113 Å². The van der Waals surface area contributed by atoms with Gasteiger partial charge in [-0.2, -0.15) is 0 Å². The van der Waals surface area contributed by atoms with Crippen LogP contribution >= 0.6 is 0 Å². The van der Waals surface area contributed by atoms with Gasteiger partial charge in [-0.05, 0) is 25.7 Å². The monoisotopic (exact) mass is 270 g/mol. The van der Waals surface area contributed by atoms with Gasteiger partial charge in [0, 0.05) is 5.04 Å². The van der Waals surface area contributed by atoms with Gasteiger partial charge in [-0.15, -0.1) is 0 Å². The standard InChI is InChI=1S/C14H22O5/c15-13(11-7-3-1-4-8-11)17-19-18-14(16)12-9-5-2-6-10-12/h11-12H,1-10H2. The van der Waals surface area contributed by atoms with Crippen molar-refractivity contribution in [3.63, 3.8) is 0 Å². The Morgan fingerprint density at radius 3 is 1.37 bits per heavy atom. The van der Waals surface area contributed by atoms with Crippen molar-refractivity contribution in [1.29, 1.82) is 0 Å². The maximum Gasteiger partial charge on any atom is 0.349 e. The highest BCUT2D eigenvalue weighted by molar-refractivity contribution is 5.73. The lowest BCUT2D eigenvalue weighted by molar-refractivity contribution is -0.462. The van der Waals surface area contributed by atoms with Gasteiger partial charge in [0.25, 0.3) is 0 Å². The van der Waals surface area contributed by atoms with Crippen LogP contribution in [0.3, 0.4) is 0 Å². The van der Waals surface area contributed by atoms with E-state index in [1.807, 2.05) is 0 Å². The molecule has 0 aromatic carbocycles. The molecule has 108 valence electrons. The number of carbonyl (C=O) groups is 2. The molecule has 0 N–H and O–H groups in total. The summed E-state index contributed by atoms with van der Waals surface area (Å²) < 4.78 is 0. The highest BCUT2D eigenvalue weighted by Crippen LogP contribution is 2.26. The minimum Gasteiger partial charge on any atom is -0.259 e. The summed E-state index contributed by atoms with van der Waals surface area (Å²) in [5, 5.41) is 4.36. The van der Waals surface area contributed by atoms with E-state index in [1.54, 1.807) is 0 Å². The highest BCUT2D eigenvalue weighted by atomic mass is 17.5. The molecule has 0 bridgehead atoms. The van der Waals surface area contributed by atoms with Crippen LogP contribution in [0.4, 0.5) is 0 Å². The van der Waals surface area contributed by atoms with Gasteiger partial charge in [0.05, 0.1) is 11.8 Å². The third-order valence-corrected chi connectivity index (χ3v) is 4.11. The average Bonchev–Trinajstić information content (AvgIpc) is 2.49. The smallest absolute Gasteiger partial charge is 0.259 e. The summed E-state index contributed by atoms with van der Waals surface area (Å²) in [6.07, 6.45) is 9.84.